The molecule has 4 fully saturated rings. The van der Waals surface area contributed by atoms with Crippen molar-refractivity contribution in [3.8, 4) is 0 Å². The topological polar surface area (TPSA) is 128 Å². The van der Waals surface area contributed by atoms with Gasteiger partial charge in [-0.2, -0.15) is 5.10 Å². The van der Waals surface area contributed by atoms with Crippen molar-refractivity contribution in [3.05, 3.63) is 64.6 Å². The van der Waals surface area contributed by atoms with E-state index in [1.54, 1.807) is 18.3 Å². The van der Waals surface area contributed by atoms with Gasteiger partial charge in [-0.25, -0.2) is 9.48 Å². The number of imide groups is 1. The van der Waals surface area contributed by atoms with Gasteiger partial charge in [-0.3, -0.25) is 24.6 Å². The predicted octanol–water partition coefficient (Wildman–Crippen LogP) is 1.58. The van der Waals surface area contributed by atoms with Crippen molar-refractivity contribution in [3.63, 3.8) is 0 Å². The highest BCUT2D eigenvalue weighted by atomic mass is 16.4. The fourth-order valence-corrected chi connectivity index (χ4v) is 6.92. The zero-order chi connectivity index (χ0) is 28.2. The van der Waals surface area contributed by atoms with Crippen molar-refractivity contribution in [1.29, 1.82) is 0 Å². The second-order valence-corrected chi connectivity index (χ2v) is 11.7. The van der Waals surface area contributed by atoms with Gasteiger partial charge in [0.25, 0.3) is 11.5 Å². The van der Waals surface area contributed by atoms with E-state index >= 15 is 0 Å². The summed E-state index contributed by atoms with van der Waals surface area (Å²) in [7, 11) is 0. The molecule has 2 amide bonds. The fraction of sp³-hybridized carbons (Fsp3) is 0.433. The first-order chi connectivity index (χ1) is 19.9. The van der Waals surface area contributed by atoms with Crippen molar-refractivity contribution in [2.45, 2.75) is 18.9 Å². The lowest BCUT2D eigenvalue weighted by Crippen LogP contribution is -2.47. The molecule has 4 aliphatic rings. The Morgan fingerprint density at radius 1 is 0.927 bits per heavy atom. The largest absolute Gasteiger partial charge is 0.478 e. The van der Waals surface area contributed by atoms with Gasteiger partial charge in [0.2, 0.25) is 5.91 Å². The van der Waals surface area contributed by atoms with Crippen LogP contribution in [0.1, 0.15) is 29.2 Å². The predicted molar refractivity (Wildman–Crippen MR) is 152 cm³/mol. The summed E-state index contributed by atoms with van der Waals surface area (Å²) in [6, 6.07) is 12.2. The number of aromatic carboxylic acids is 1. The van der Waals surface area contributed by atoms with Crippen molar-refractivity contribution in [2.24, 2.45) is 17.8 Å². The lowest BCUT2D eigenvalue weighted by Gasteiger charge is -2.36. The molecule has 3 aliphatic heterocycles. The minimum Gasteiger partial charge on any atom is -0.478 e. The second kappa shape index (κ2) is 9.99. The maximum absolute atomic E-state index is 13.1. The third-order valence-electron chi connectivity index (χ3n) is 9.36. The summed E-state index contributed by atoms with van der Waals surface area (Å²) in [6.45, 7) is 7.01. The van der Waals surface area contributed by atoms with E-state index in [1.165, 1.54) is 4.68 Å². The van der Waals surface area contributed by atoms with Gasteiger partial charge in [-0.1, -0.05) is 0 Å². The normalized spacial score (nSPS) is 26.2. The van der Waals surface area contributed by atoms with E-state index < -0.39 is 17.9 Å². The summed E-state index contributed by atoms with van der Waals surface area (Å²) >= 11 is 0. The van der Waals surface area contributed by atoms with Crippen LogP contribution in [0.5, 0.6) is 0 Å². The Hall–Kier alpha value is -4.25. The van der Waals surface area contributed by atoms with Crippen molar-refractivity contribution < 1.29 is 19.5 Å². The molecule has 0 radical (unpaired) electrons. The van der Waals surface area contributed by atoms with Gasteiger partial charge in [-0.05, 0) is 66.6 Å². The number of carboxylic acid groups (broad SMARTS) is 1. The van der Waals surface area contributed by atoms with Crippen LogP contribution in [0.25, 0.3) is 10.8 Å². The molecular formula is C30H32N6O5. The Kier molecular flexibility index (Phi) is 6.26. The standard InChI is InChI=1S/C30H32N6O5/c37-27-8-7-26(28(38)32-27)36-29(39)22-6-5-21(13-19(22)14-31-36)34-11-9-33(10-12-34)15-23-24-16-35(17-25(23)24)20-3-1-18(2-4-20)30(40)41/h1-6,13-14,23-26H,7-12,15-17H2,(H,40,41)(H,32,37,38)/t23?,24-,25+,26?. The molecule has 4 atom stereocenters. The Labute approximate surface area is 236 Å². The summed E-state index contributed by atoms with van der Waals surface area (Å²) < 4.78 is 1.20. The van der Waals surface area contributed by atoms with Crippen LogP contribution in [-0.4, -0.2) is 83.4 Å². The van der Waals surface area contributed by atoms with Crippen LogP contribution in [-0.2, 0) is 9.59 Å². The number of nitrogens with one attached hydrogen (secondary N) is 1. The molecule has 2 unspecified atom stereocenters. The van der Waals surface area contributed by atoms with Gasteiger partial charge in [0, 0.05) is 69.0 Å². The average molecular weight is 557 g/mol. The fourth-order valence-electron chi connectivity index (χ4n) is 6.92. The van der Waals surface area contributed by atoms with Crippen LogP contribution in [0, 0.1) is 17.8 Å². The van der Waals surface area contributed by atoms with Crippen LogP contribution in [0.15, 0.2) is 53.5 Å². The maximum Gasteiger partial charge on any atom is 0.335 e. The summed E-state index contributed by atoms with van der Waals surface area (Å²) in [5.41, 5.74) is 2.17. The Bertz CT molecular complexity index is 1580. The minimum absolute atomic E-state index is 0.193. The quantitative estimate of drug-likeness (QED) is 0.435. The summed E-state index contributed by atoms with van der Waals surface area (Å²) in [4.78, 5) is 55.2. The minimum atomic E-state index is -0.894. The van der Waals surface area contributed by atoms with Crippen LogP contribution in [0.3, 0.4) is 0 Å². The third-order valence-corrected chi connectivity index (χ3v) is 9.36. The number of rotatable bonds is 6. The first kappa shape index (κ1) is 25.7. The van der Waals surface area contributed by atoms with Gasteiger partial charge >= 0.3 is 5.97 Å². The van der Waals surface area contributed by atoms with Gasteiger partial charge in [0.05, 0.1) is 17.1 Å². The Morgan fingerprint density at radius 3 is 2.32 bits per heavy atom. The number of carbonyl (C=O) groups excluding carboxylic acids is 2. The van der Waals surface area contributed by atoms with E-state index in [0.29, 0.717) is 22.8 Å². The van der Waals surface area contributed by atoms with E-state index in [4.69, 9.17) is 5.11 Å². The lowest BCUT2D eigenvalue weighted by atomic mass is 10.1. The molecular weight excluding hydrogens is 524 g/mol. The number of piperidine rings is 2. The van der Waals surface area contributed by atoms with Gasteiger partial charge < -0.3 is 14.9 Å². The summed E-state index contributed by atoms with van der Waals surface area (Å²) in [5.74, 6) is 0.459. The zero-order valence-electron chi connectivity index (χ0n) is 22.6. The number of aromatic nitrogens is 2. The number of anilines is 2. The highest BCUT2D eigenvalue weighted by molar-refractivity contribution is 5.99. The lowest BCUT2D eigenvalue weighted by molar-refractivity contribution is -0.136. The molecule has 3 aromatic rings. The number of benzene rings is 2. The number of carbonyl (C=O) groups is 3. The zero-order valence-corrected chi connectivity index (χ0v) is 22.6. The van der Waals surface area contributed by atoms with Gasteiger partial charge in [0.1, 0.15) is 6.04 Å². The van der Waals surface area contributed by atoms with Crippen molar-refractivity contribution >= 4 is 39.9 Å². The molecule has 11 nitrogen and oxygen atoms in total. The first-order valence-electron chi connectivity index (χ1n) is 14.3. The molecule has 1 saturated carbocycles. The molecule has 11 heteroatoms. The van der Waals surface area contributed by atoms with Gasteiger partial charge in [0.15, 0.2) is 0 Å². The van der Waals surface area contributed by atoms with Crippen LogP contribution < -0.4 is 20.7 Å². The van der Waals surface area contributed by atoms with Gasteiger partial charge in [-0.15, -0.1) is 0 Å². The Balaban J connectivity index is 0.933. The monoisotopic (exact) mass is 556 g/mol. The molecule has 1 aliphatic carbocycles. The second-order valence-electron chi connectivity index (χ2n) is 11.7. The SMILES string of the molecule is O=C1CCC(n2ncc3cc(N4CCN(CC5[C@H]6CN(c7ccc(C(=O)O)cc7)C[C@@H]56)CC4)ccc3c2=O)C(=O)N1. The number of piperazine rings is 1. The van der Waals surface area contributed by atoms with E-state index in [-0.39, 0.29) is 24.3 Å². The number of amides is 2. The maximum atomic E-state index is 13.1. The van der Waals surface area contributed by atoms with Crippen LogP contribution in [0.4, 0.5) is 11.4 Å². The van der Waals surface area contributed by atoms with Crippen LogP contribution >= 0.6 is 0 Å². The first-order valence-corrected chi connectivity index (χ1v) is 14.3. The molecule has 3 saturated heterocycles. The van der Waals surface area contributed by atoms with E-state index in [1.807, 2.05) is 30.3 Å². The number of hydrogen-bond acceptors (Lipinski definition) is 8. The van der Waals surface area contributed by atoms with E-state index in [2.05, 4.69) is 25.1 Å². The summed E-state index contributed by atoms with van der Waals surface area (Å²) in [6.07, 6.45) is 2.10. The highest BCUT2D eigenvalue weighted by Crippen LogP contribution is 2.52. The molecule has 2 aromatic carbocycles. The van der Waals surface area contributed by atoms with E-state index in [0.717, 1.165) is 68.5 Å². The molecule has 41 heavy (non-hydrogen) atoms. The molecule has 1 aromatic heterocycles. The molecule has 2 N–H and O–H groups in total. The molecule has 0 bridgehead atoms. The smallest absolute Gasteiger partial charge is 0.335 e. The Morgan fingerprint density at radius 2 is 1.63 bits per heavy atom. The molecule has 7 rings (SSSR count). The van der Waals surface area contributed by atoms with Crippen molar-refractivity contribution in [1.82, 2.24) is 20.0 Å². The number of nitrogens with zero attached hydrogens (tertiary/aromatic N) is 5. The third kappa shape index (κ3) is 4.73. The van der Waals surface area contributed by atoms with Crippen LogP contribution in [0.2, 0.25) is 0 Å². The molecule has 212 valence electrons. The number of fused-ring (bicyclic) bond motifs is 2. The average Bonchev–Trinajstić information content (AvgIpc) is 3.40. The number of carboxylic acids is 1. The van der Waals surface area contributed by atoms with Crippen molar-refractivity contribution in [2.75, 3.05) is 55.6 Å². The highest BCUT2D eigenvalue weighted by Gasteiger charge is 2.55. The van der Waals surface area contributed by atoms with E-state index in [9.17, 15) is 19.2 Å². The molecule has 0 spiro atoms. The summed E-state index contributed by atoms with van der Waals surface area (Å²) in [5, 5.41) is 17.0. The number of hydrogen-bond donors (Lipinski definition) is 2. The molecule has 4 heterocycles.